The SMILES string of the molecule is CN(C)CC(Cl)N(C)C. The smallest absolute Gasteiger partial charge is 0.0973 e. The predicted octanol–water partition coefficient (Wildman–Crippen LogP) is 0.674. The van der Waals surface area contributed by atoms with Crippen LogP contribution in [0.1, 0.15) is 0 Å². The molecule has 0 aromatic heterocycles. The second-order valence-electron chi connectivity index (χ2n) is 2.66. The molecule has 0 fully saturated rings. The zero-order chi connectivity index (χ0) is 7.44. The Bertz CT molecular complexity index is 73.5. The molecule has 0 bridgehead atoms. The van der Waals surface area contributed by atoms with Crippen LogP contribution in [-0.2, 0) is 0 Å². The average molecular weight is 151 g/mol. The molecule has 0 saturated heterocycles. The number of nitrogens with zero attached hydrogens (tertiary/aromatic N) is 2. The van der Waals surface area contributed by atoms with Crippen LogP contribution in [0.3, 0.4) is 0 Å². The first-order valence-electron chi connectivity index (χ1n) is 2.99. The minimum atomic E-state index is 0.125. The van der Waals surface area contributed by atoms with Gasteiger partial charge in [-0.05, 0) is 28.2 Å². The monoisotopic (exact) mass is 150 g/mol. The Kier molecular flexibility index (Phi) is 4.19. The van der Waals surface area contributed by atoms with Crippen LogP contribution in [-0.4, -0.2) is 50.0 Å². The summed E-state index contributed by atoms with van der Waals surface area (Å²) in [7, 11) is 7.97. The number of likely N-dealkylation sites (N-methyl/N-ethyl adjacent to an activating group) is 2. The van der Waals surface area contributed by atoms with E-state index >= 15 is 0 Å². The molecule has 0 spiro atoms. The Hall–Kier alpha value is 0.210. The van der Waals surface area contributed by atoms with Gasteiger partial charge in [-0.25, -0.2) is 0 Å². The number of rotatable bonds is 3. The molecule has 0 aromatic rings. The van der Waals surface area contributed by atoms with Gasteiger partial charge in [0, 0.05) is 6.54 Å². The van der Waals surface area contributed by atoms with Gasteiger partial charge < -0.3 is 4.90 Å². The summed E-state index contributed by atoms with van der Waals surface area (Å²) in [6.45, 7) is 0.897. The van der Waals surface area contributed by atoms with E-state index in [0.717, 1.165) is 6.54 Å². The second kappa shape index (κ2) is 4.09. The van der Waals surface area contributed by atoms with Crippen LogP contribution >= 0.6 is 11.6 Å². The summed E-state index contributed by atoms with van der Waals surface area (Å²) in [5.41, 5.74) is 0.125. The maximum atomic E-state index is 5.89. The van der Waals surface area contributed by atoms with E-state index in [1.807, 2.05) is 33.1 Å². The number of hydrogen-bond acceptors (Lipinski definition) is 2. The van der Waals surface area contributed by atoms with Gasteiger partial charge in [0.25, 0.3) is 0 Å². The molecule has 0 amide bonds. The molecule has 0 rings (SSSR count). The third-order valence-electron chi connectivity index (χ3n) is 1.08. The first-order chi connectivity index (χ1) is 4.04. The van der Waals surface area contributed by atoms with Crippen LogP contribution in [0.5, 0.6) is 0 Å². The lowest BCUT2D eigenvalue weighted by atomic mass is 10.5. The van der Waals surface area contributed by atoms with Gasteiger partial charge in [0.05, 0.1) is 5.50 Å². The Balaban J connectivity index is 3.38. The molecular weight excluding hydrogens is 136 g/mol. The van der Waals surface area contributed by atoms with E-state index in [2.05, 4.69) is 4.90 Å². The van der Waals surface area contributed by atoms with Crippen LogP contribution in [0.25, 0.3) is 0 Å². The first kappa shape index (κ1) is 9.21. The molecule has 2 nitrogen and oxygen atoms in total. The van der Waals surface area contributed by atoms with Crippen molar-refractivity contribution < 1.29 is 0 Å². The fourth-order valence-corrected chi connectivity index (χ4v) is 0.741. The molecule has 0 N–H and O–H groups in total. The maximum Gasteiger partial charge on any atom is 0.0973 e. The maximum absolute atomic E-state index is 5.89. The minimum absolute atomic E-state index is 0.125. The van der Waals surface area contributed by atoms with Crippen LogP contribution < -0.4 is 0 Å². The lowest BCUT2D eigenvalue weighted by Gasteiger charge is -2.20. The molecule has 3 heteroatoms. The highest BCUT2D eigenvalue weighted by Crippen LogP contribution is 1.98. The van der Waals surface area contributed by atoms with Crippen molar-refractivity contribution in [3.05, 3.63) is 0 Å². The normalized spacial score (nSPS) is 15.0. The highest BCUT2D eigenvalue weighted by atomic mass is 35.5. The molecule has 0 heterocycles. The van der Waals surface area contributed by atoms with E-state index in [-0.39, 0.29) is 5.50 Å². The highest BCUT2D eigenvalue weighted by Gasteiger charge is 2.06. The number of hydrogen-bond donors (Lipinski definition) is 0. The molecule has 1 atom stereocenters. The van der Waals surface area contributed by atoms with Crippen molar-refractivity contribution in [2.24, 2.45) is 0 Å². The van der Waals surface area contributed by atoms with Crippen molar-refractivity contribution in [3.63, 3.8) is 0 Å². The van der Waals surface area contributed by atoms with Gasteiger partial charge in [-0.1, -0.05) is 0 Å². The van der Waals surface area contributed by atoms with Gasteiger partial charge in [-0.15, -0.1) is 11.6 Å². The van der Waals surface area contributed by atoms with Crippen LogP contribution in [0.4, 0.5) is 0 Å². The summed E-state index contributed by atoms with van der Waals surface area (Å²) in [5.74, 6) is 0. The predicted molar refractivity (Wildman–Crippen MR) is 41.9 cm³/mol. The molecule has 0 aliphatic heterocycles. The van der Waals surface area contributed by atoms with Crippen molar-refractivity contribution >= 4 is 11.6 Å². The standard InChI is InChI=1S/C6H15ClN2/c1-8(2)5-6(7)9(3)4/h6H,5H2,1-4H3. The number of alkyl halides is 1. The summed E-state index contributed by atoms with van der Waals surface area (Å²) >= 11 is 5.89. The quantitative estimate of drug-likeness (QED) is 0.431. The van der Waals surface area contributed by atoms with Gasteiger partial charge in [-0.3, -0.25) is 4.90 Å². The summed E-state index contributed by atoms with van der Waals surface area (Å²) in [5, 5.41) is 0. The Morgan fingerprint density at radius 3 is 1.78 bits per heavy atom. The Morgan fingerprint density at radius 1 is 1.22 bits per heavy atom. The van der Waals surface area contributed by atoms with Gasteiger partial charge in [-0.2, -0.15) is 0 Å². The summed E-state index contributed by atoms with van der Waals surface area (Å²) in [6.07, 6.45) is 0. The van der Waals surface area contributed by atoms with E-state index in [1.165, 1.54) is 0 Å². The van der Waals surface area contributed by atoms with Gasteiger partial charge in [0.1, 0.15) is 0 Å². The molecular formula is C6H15ClN2. The summed E-state index contributed by atoms with van der Waals surface area (Å²) in [4.78, 5) is 4.05. The molecule has 9 heavy (non-hydrogen) atoms. The van der Waals surface area contributed by atoms with Gasteiger partial charge in [0.15, 0.2) is 0 Å². The fourth-order valence-electron chi connectivity index (χ4n) is 0.465. The molecule has 0 aliphatic rings. The van der Waals surface area contributed by atoms with E-state index in [4.69, 9.17) is 11.6 Å². The van der Waals surface area contributed by atoms with Crippen molar-refractivity contribution in [3.8, 4) is 0 Å². The topological polar surface area (TPSA) is 6.48 Å². The Labute approximate surface area is 62.4 Å². The van der Waals surface area contributed by atoms with Crippen LogP contribution in [0.15, 0.2) is 0 Å². The largest absolute Gasteiger partial charge is 0.307 e. The highest BCUT2D eigenvalue weighted by molar-refractivity contribution is 6.20. The molecule has 0 aliphatic carbocycles. The molecule has 1 unspecified atom stereocenters. The molecule has 0 saturated carbocycles. The van der Waals surface area contributed by atoms with E-state index < -0.39 is 0 Å². The van der Waals surface area contributed by atoms with Crippen LogP contribution in [0.2, 0.25) is 0 Å². The number of halogens is 1. The zero-order valence-corrected chi connectivity index (χ0v) is 7.31. The van der Waals surface area contributed by atoms with E-state index in [0.29, 0.717) is 0 Å². The summed E-state index contributed by atoms with van der Waals surface area (Å²) in [6, 6.07) is 0. The fraction of sp³-hybridized carbons (Fsp3) is 1.00. The average Bonchev–Trinajstić information content (AvgIpc) is 1.63. The van der Waals surface area contributed by atoms with Gasteiger partial charge >= 0.3 is 0 Å². The zero-order valence-electron chi connectivity index (χ0n) is 6.56. The van der Waals surface area contributed by atoms with E-state index in [1.54, 1.807) is 0 Å². The third-order valence-corrected chi connectivity index (χ3v) is 1.60. The summed E-state index contributed by atoms with van der Waals surface area (Å²) < 4.78 is 0. The van der Waals surface area contributed by atoms with Gasteiger partial charge in [0.2, 0.25) is 0 Å². The van der Waals surface area contributed by atoms with Crippen LogP contribution in [0, 0.1) is 0 Å². The van der Waals surface area contributed by atoms with Crippen molar-refractivity contribution in [1.82, 2.24) is 9.80 Å². The van der Waals surface area contributed by atoms with E-state index in [9.17, 15) is 0 Å². The lowest BCUT2D eigenvalue weighted by Crippen LogP contribution is -2.32. The second-order valence-corrected chi connectivity index (χ2v) is 3.16. The lowest BCUT2D eigenvalue weighted by molar-refractivity contribution is 0.291. The molecule has 0 radical (unpaired) electrons. The molecule has 56 valence electrons. The first-order valence-corrected chi connectivity index (χ1v) is 3.43. The Morgan fingerprint density at radius 2 is 1.67 bits per heavy atom. The minimum Gasteiger partial charge on any atom is -0.307 e. The molecule has 0 aromatic carbocycles. The van der Waals surface area contributed by atoms with Crippen molar-refractivity contribution in [2.45, 2.75) is 5.50 Å². The third kappa shape index (κ3) is 4.70. The van der Waals surface area contributed by atoms with Crippen molar-refractivity contribution in [2.75, 3.05) is 34.7 Å². The van der Waals surface area contributed by atoms with Crippen molar-refractivity contribution in [1.29, 1.82) is 0 Å².